The van der Waals surface area contributed by atoms with Gasteiger partial charge in [0.25, 0.3) is 0 Å². The Morgan fingerprint density at radius 2 is 1.20 bits per heavy atom. The molecule has 0 aliphatic heterocycles. The third-order valence-electron chi connectivity index (χ3n) is 4.32. The summed E-state index contributed by atoms with van der Waals surface area (Å²) >= 11 is 0. The van der Waals surface area contributed by atoms with E-state index < -0.39 is 0 Å². The zero-order chi connectivity index (χ0) is 10.5. The van der Waals surface area contributed by atoms with Crippen LogP contribution in [0.15, 0.2) is 0 Å². The maximum absolute atomic E-state index is 6.17. The topological polar surface area (TPSA) is 26.0 Å². The van der Waals surface area contributed by atoms with Crippen molar-refractivity contribution in [2.75, 3.05) is 0 Å². The fraction of sp³-hybridized carbons (Fsp3) is 1.00. The highest BCUT2D eigenvalue weighted by molar-refractivity contribution is 4.88. The summed E-state index contributed by atoms with van der Waals surface area (Å²) in [5, 5.41) is 0. The van der Waals surface area contributed by atoms with Crippen molar-refractivity contribution >= 4 is 0 Å². The SMILES string of the molecule is N[C@@H]1CCCCCCCCC[C@H]2CC2C1. The molecule has 2 saturated carbocycles. The average Bonchev–Trinajstić information content (AvgIpc) is 2.93. The van der Waals surface area contributed by atoms with Gasteiger partial charge < -0.3 is 5.73 Å². The first-order valence-electron chi connectivity index (χ1n) is 7.12. The minimum atomic E-state index is 0.515. The molecule has 2 fully saturated rings. The Balaban J connectivity index is 1.71. The van der Waals surface area contributed by atoms with Gasteiger partial charge in [-0.05, 0) is 31.1 Å². The van der Waals surface area contributed by atoms with Gasteiger partial charge in [-0.2, -0.15) is 0 Å². The molecule has 2 aliphatic carbocycles. The van der Waals surface area contributed by atoms with Gasteiger partial charge in [-0.15, -0.1) is 0 Å². The van der Waals surface area contributed by atoms with Crippen LogP contribution in [0, 0.1) is 11.8 Å². The second kappa shape index (κ2) is 5.89. The number of nitrogens with two attached hydrogens (primary N) is 1. The summed E-state index contributed by atoms with van der Waals surface area (Å²) < 4.78 is 0. The second-order valence-electron chi connectivity index (χ2n) is 5.80. The summed E-state index contributed by atoms with van der Waals surface area (Å²) in [7, 11) is 0. The van der Waals surface area contributed by atoms with Gasteiger partial charge in [0.15, 0.2) is 0 Å². The van der Waals surface area contributed by atoms with Crippen molar-refractivity contribution in [1.82, 2.24) is 0 Å². The molecule has 0 radical (unpaired) electrons. The summed E-state index contributed by atoms with van der Waals surface area (Å²) in [6, 6.07) is 0.515. The van der Waals surface area contributed by atoms with Crippen molar-refractivity contribution in [2.24, 2.45) is 17.6 Å². The molecule has 0 amide bonds. The van der Waals surface area contributed by atoms with Gasteiger partial charge in [0.05, 0.1) is 0 Å². The Morgan fingerprint density at radius 3 is 1.93 bits per heavy atom. The molecule has 0 bridgehead atoms. The van der Waals surface area contributed by atoms with Gasteiger partial charge in [-0.25, -0.2) is 0 Å². The van der Waals surface area contributed by atoms with E-state index in [-0.39, 0.29) is 0 Å². The Bertz CT molecular complexity index is 178. The molecule has 0 spiro atoms. The van der Waals surface area contributed by atoms with E-state index in [1.54, 1.807) is 0 Å². The van der Waals surface area contributed by atoms with Crippen LogP contribution in [0.3, 0.4) is 0 Å². The maximum atomic E-state index is 6.17. The normalized spacial score (nSPS) is 39.4. The van der Waals surface area contributed by atoms with E-state index >= 15 is 0 Å². The highest BCUT2D eigenvalue weighted by Gasteiger charge is 2.36. The molecule has 0 heterocycles. The van der Waals surface area contributed by atoms with Crippen LogP contribution in [0.25, 0.3) is 0 Å². The van der Waals surface area contributed by atoms with Gasteiger partial charge in [-0.1, -0.05) is 51.4 Å². The first-order chi connectivity index (χ1) is 7.36. The third kappa shape index (κ3) is 4.14. The van der Waals surface area contributed by atoms with Gasteiger partial charge >= 0.3 is 0 Å². The summed E-state index contributed by atoms with van der Waals surface area (Å²) in [5.74, 6) is 2.08. The van der Waals surface area contributed by atoms with Crippen LogP contribution in [0.4, 0.5) is 0 Å². The summed E-state index contributed by atoms with van der Waals surface area (Å²) in [4.78, 5) is 0. The van der Waals surface area contributed by atoms with Gasteiger partial charge in [-0.3, -0.25) is 0 Å². The van der Waals surface area contributed by atoms with Crippen molar-refractivity contribution in [3.05, 3.63) is 0 Å². The lowest BCUT2D eigenvalue weighted by Gasteiger charge is -2.10. The molecule has 0 aromatic heterocycles. The lowest BCUT2D eigenvalue weighted by molar-refractivity contribution is 0.480. The monoisotopic (exact) mass is 209 g/mol. The largest absolute Gasteiger partial charge is 0.328 e. The summed E-state index contributed by atoms with van der Waals surface area (Å²) in [6.45, 7) is 0. The Labute approximate surface area is 94.8 Å². The molecule has 2 aliphatic rings. The molecule has 0 aromatic carbocycles. The molecule has 1 nitrogen and oxygen atoms in total. The molecule has 3 atom stereocenters. The summed E-state index contributed by atoms with van der Waals surface area (Å²) in [6.07, 6.45) is 15.7. The average molecular weight is 209 g/mol. The minimum absolute atomic E-state index is 0.515. The minimum Gasteiger partial charge on any atom is -0.328 e. The molecule has 88 valence electrons. The standard InChI is InChI=1S/C14H27N/c15-14-9-7-5-3-1-2-4-6-8-12-10-13(12)11-14/h12-14H,1-11,15H2/t12-,13?,14+/m0/s1. The van der Waals surface area contributed by atoms with Gasteiger partial charge in [0, 0.05) is 6.04 Å². The van der Waals surface area contributed by atoms with Crippen molar-refractivity contribution in [3.8, 4) is 0 Å². The van der Waals surface area contributed by atoms with Crippen LogP contribution in [0.1, 0.15) is 70.6 Å². The first-order valence-corrected chi connectivity index (χ1v) is 7.12. The van der Waals surface area contributed by atoms with Crippen LogP contribution in [0.5, 0.6) is 0 Å². The van der Waals surface area contributed by atoms with E-state index in [1.807, 2.05) is 0 Å². The van der Waals surface area contributed by atoms with Crippen LogP contribution in [-0.2, 0) is 0 Å². The third-order valence-corrected chi connectivity index (χ3v) is 4.32. The number of hydrogen-bond acceptors (Lipinski definition) is 1. The molecule has 15 heavy (non-hydrogen) atoms. The summed E-state index contributed by atoms with van der Waals surface area (Å²) in [5.41, 5.74) is 6.17. The number of rotatable bonds is 0. The molecule has 0 aromatic rings. The van der Waals surface area contributed by atoms with E-state index in [0.29, 0.717) is 6.04 Å². The lowest BCUT2D eigenvalue weighted by Crippen LogP contribution is -2.20. The highest BCUT2D eigenvalue weighted by atomic mass is 14.6. The molecular weight excluding hydrogens is 182 g/mol. The zero-order valence-electron chi connectivity index (χ0n) is 10.1. The van der Waals surface area contributed by atoms with E-state index in [0.717, 1.165) is 11.8 Å². The smallest absolute Gasteiger partial charge is 0.00415 e. The predicted octanol–water partition coefficient (Wildman–Crippen LogP) is 3.86. The lowest BCUT2D eigenvalue weighted by atomic mass is 10.0. The van der Waals surface area contributed by atoms with Gasteiger partial charge in [0.2, 0.25) is 0 Å². The van der Waals surface area contributed by atoms with E-state index in [9.17, 15) is 0 Å². The quantitative estimate of drug-likeness (QED) is 0.644. The van der Waals surface area contributed by atoms with Crippen LogP contribution in [0.2, 0.25) is 0 Å². The van der Waals surface area contributed by atoms with Gasteiger partial charge in [0.1, 0.15) is 0 Å². The van der Waals surface area contributed by atoms with Crippen molar-refractivity contribution in [1.29, 1.82) is 0 Å². The maximum Gasteiger partial charge on any atom is 0.00415 e. The number of fused-ring (bicyclic) bond motifs is 1. The predicted molar refractivity (Wildman–Crippen MR) is 65.7 cm³/mol. The molecule has 1 heteroatoms. The van der Waals surface area contributed by atoms with Crippen LogP contribution >= 0.6 is 0 Å². The first kappa shape index (κ1) is 11.4. The molecule has 2 rings (SSSR count). The Hall–Kier alpha value is -0.0400. The van der Waals surface area contributed by atoms with E-state index in [1.165, 1.54) is 70.6 Å². The van der Waals surface area contributed by atoms with E-state index in [4.69, 9.17) is 5.73 Å². The fourth-order valence-electron chi connectivity index (χ4n) is 3.16. The van der Waals surface area contributed by atoms with E-state index in [2.05, 4.69) is 0 Å². The van der Waals surface area contributed by atoms with Crippen molar-refractivity contribution < 1.29 is 0 Å². The van der Waals surface area contributed by atoms with Crippen molar-refractivity contribution in [3.63, 3.8) is 0 Å². The zero-order valence-corrected chi connectivity index (χ0v) is 10.1. The van der Waals surface area contributed by atoms with Crippen LogP contribution in [-0.4, -0.2) is 6.04 Å². The van der Waals surface area contributed by atoms with Crippen LogP contribution < -0.4 is 5.73 Å². The Morgan fingerprint density at radius 1 is 0.600 bits per heavy atom. The second-order valence-corrected chi connectivity index (χ2v) is 5.80. The number of hydrogen-bond donors (Lipinski definition) is 1. The molecule has 2 N–H and O–H groups in total. The van der Waals surface area contributed by atoms with Crippen molar-refractivity contribution in [2.45, 2.75) is 76.7 Å². The molecular formula is C14H27N. The molecule has 0 saturated heterocycles. The highest BCUT2D eigenvalue weighted by Crippen LogP contribution is 2.45. The fourth-order valence-corrected chi connectivity index (χ4v) is 3.16. The molecule has 1 unspecified atom stereocenters. The Kier molecular flexibility index (Phi) is 4.49.